The molecule has 86 valence electrons. The first kappa shape index (κ1) is 12.5. The Morgan fingerprint density at radius 2 is 1.88 bits per heavy atom. The fourth-order valence-corrected chi connectivity index (χ4v) is 1.37. The van der Waals surface area contributed by atoms with Gasteiger partial charge in [0.2, 0.25) is 0 Å². The van der Waals surface area contributed by atoms with Gasteiger partial charge in [-0.1, -0.05) is 26.0 Å². The Bertz CT molecular complexity index is 353. The third-order valence-electron chi connectivity index (χ3n) is 2.44. The number of aliphatic hydroxyl groups excluding tert-OH is 1. The summed E-state index contributed by atoms with van der Waals surface area (Å²) in [5.41, 5.74) is 0.875. The van der Waals surface area contributed by atoms with E-state index in [2.05, 4.69) is 6.07 Å². The standard InChI is InChI=1S/C13H17NO2/c1-3-11(9-14)16-12-7-5-10(6-8-12)13(15)4-2/h5-8,11,13,15H,3-4H2,1-2H3/t11?,13-/m0/s1. The van der Waals surface area contributed by atoms with Gasteiger partial charge in [0.1, 0.15) is 11.8 Å². The summed E-state index contributed by atoms with van der Waals surface area (Å²) in [4.78, 5) is 0. The fourth-order valence-electron chi connectivity index (χ4n) is 1.37. The monoisotopic (exact) mass is 219 g/mol. The van der Waals surface area contributed by atoms with E-state index in [1.165, 1.54) is 0 Å². The Balaban J connectivity index is 2.68. The average molecular weight is 219 g/mol. The molecule has 1 aromatic rings. The van der Waals surface area contributed by atoms with E-state index in [9.17, 15) is 5.11 Å². The molecule has 0 aliphatic carbocycles. The molecule has 3 heteroatoms. The minimum Gasteiger partial charge on any atom is -0.476 e. The van der Waals surface area contributed by atoms with Gasteiger partial charge in [0.05, 0.1) is 6.10 Å². The van der Waals surface area contributed by atoms with Crippen LogP contribution in [-0.4, -0.2) is 11.2 Å². The molecular weight excluding hydrogens is 202 g/mol. The molecule has 0 aromatic heterocycles. The molecule has 3 nitrogen and oxygen atoms in total. The van der Waals surface area contributed by atoms with Gasteiger partial charge in [-0.2, -0.15) is 5.26 Å². The van der Waals surface area contributed by atoms with Crippen LogP contribution in [0.4, 0.5) is 0 Å². The summed E-state index contributed by atoms with van der Waals surface area (Å²) >= 11 is 0. The van der Waals surface area contributed by atoms with Crippen LogP contribution in [0.25, 0.3) is 0 Å². The Morgan fingerprint density at radius 1 is 1.25 bits per heavy atom. The molecule has 16 heavy (non-hydrogen) atoms. The van der Waals surface area contributed by atoms with Gasteiger partial charge in [-0.15, -0.1) is 0 Å². The van der Waals surface area contributed by atoms with Crippen LogP contribution in [0.5, 0.6) is 5.75 Å². The smallest absolute Gasteiger partial charge is 0.184 e. The van der Waals surface area contributed by atoms with Gasteiger partial charge in [-0.25, -0.2) is 0 Å². The van der Waals surface area contributed by atoms with Crippen molar-refractivity contribution in [1.29, 1.82) is 5.26 Å². The lowest BCUT2D eigenvalue weighted by molar-refractivity contribution is 0.173. The van der Waals surface area contributed by atoms with E-state index in [0.29, 0.717) is 18.6 Å². The van der Waals surface area contributed by atoms with Gasteiger partial charge in [-0.3, -0.25) is 0 Å². The predicted molar refractivity (Wildman–Crippen MR) is 62.0 cm³/mol. The fraction of sp³-hybridized carbons (Fsp3) is 0.462. The van der Waals surface area contributed by atoms with Crippen molar-refractivity contribution in [3.63, 3.8) is 0 Å². The quantitative estimate of drug-likeness (QED) is 0.828. The van der Waals surface area contributed by atoms with Crippen molar-refractivity contribution in [3.05, 3.63) is 29.8 Å². The molecule has 2 atom stereocenters. The highest BCUT2D eigenvalue weighted by atomic mass is 16.5. The van der Waals surface area contributed by atoms with Crippen molar-refractivity contribution in [2.45, 2.75) is 38.9 Å². The van der Waals surface area contributed by atoms with Crippen LogP contribution >= 0.6 is 0 Å². The summed E-state index contributed by atoms with van der Waals surface area (Å²) in [6, 6.07) is 9.30. The topological polar surface area (TPSA) is 53.2 Å². The van der Waals surface area contributed by atoms with Crippen LogP contribution in [0, 0.1) is 11.3 Å². The number of nitrogens with zero attached hydrogens (tertiary/aromatic N) is 1. The molecule has 0 fully saturated rings. The number of nitriles is 1. The summed E-state index contributed by atoms with van der Waals surface area (Å²) < 4.78 is 5.44. The molecule has 0 radical (unpaired) electrons. The maximum atomic E-state index is 9.60. The van der Waals surface area contributed by atoms with Crippen LogP contribution in [-0.2, 0) is 0 Å². The lowest BCUT2D eigenvalue weighted by Gasteiger charge is -2.12. The second-order valence-corrected chi connectivity index (χ2v) is 3.64. The average Bonchev–Trinajstić information content (AvgIpc) is 2.35. The van der Waals surface area contributed by atoms with E-state index in [1.54, 1.807) is 12.1 Å². The van der Waals surface area contributed by atoms with Gasteiger partial charge in [-0.05, 0) is 30.5 Å². The van der Waals surface area contributed by atoms with Crippen molar-refractivity contribution >= 4 is 0 Å². The zero-order valence-electron chi connectivity index (χ0n) is 9.68. The number of hydrogen-bond acceptors (Lipinski definition) is 3. The van der Waals surface area contributed by atoms with Crippen LogP contribution in [0.3, 0.4) is 0 Å². The molecule has 0 heterocycles. The van der Waals surface area contributed by atoms with Crippen LogP contribution in [0.2, 0.25) is 0 Å². The number of benzene rings is 1. The van der Waals surface area contributed by atoms with Crippen molar-refractivity contribution < 1.29 is 9.84 Å². The van der Waals surface area contributed by atoms with E-state index < -0.39 is 12.2 Å². The first-order valence-corrected chi connectivity index (χ1v) is 5.55. The molecule has 1 rings (SSSR count). The summed E-state index contributed by atoms with van der Waals surface area (Å²) in [6.07, 6.45) is 0.528. The molecule has 0 amide bonds. The van der Waals surface area contributed by atoms with Gasteiger partial charge < -0.3 is 9.84 Å². The third kappa shape index (κ3) is 3.25. The highest BCUT2D eigenvalue weighted by Gasteiger charge is 2.07. The minimum absolute atomic E-state index is 0.401. The number of aliphatic hydroxyl groups is 1. The molecule has 0 saturated heterocycles. The van der Waals surface area contributed by atoms with Crippen molar-refractivity contribution in [2.75, 3.05) is 0 Å². The molecular formula is C13H17NO2. The molecule has 1 unspecified atom stereocenters. The van der Waals surface area contributed by atoms with E-state index in [-0.39, 0.29) is 0 Å². The predicted octanol–water partition coefficient (Wildman–Crippen LogP) is 2.81. The molecule has 1 aromatic carbocycles. The Kier molecular flexibility index (Phi) is 4.81. The van der Waals surface area contributed by atoms with E-state index in [4.69, 9.17) is 10.00 Å². The second-order valence-electron chi connectivity index (χ2n) is 3.64. The van der Waals surface area contributed by atoms with Crippen molar-refractivity contribution in [3.8, 4) is 11.8 Å². The summed E-state index contributed by atoms with van der Waals surface area (Å²) in [7, 11) is 0. The second kappa shape index (κ2) is 6.14. The maximum Gasteiger partial charge on any atom is 0.184 e. The summed E-state index contributed by atoms with van der Waals surface area (Å²) in [5, 5.41) is 18.4. The van der Waals surface area contributed by atoms with Crippen molar-refractivity contribution in [2.24, 2.45) is 0 Å². The minimum atomic E-state index is -0.424. The maximum absolute atomic E-state index is 9.60. The highest BCUT2D eigenvalue weighted by molar-refractivity contribution is 5.29. The van der Waals surface area contributed by atoms with E-state index in [0.717, 1.165) is 5.56 Å². The molecule has 0 saturated carbocycles. The zero-order valence-corrected chi connectivity index (χ0v) is 9.68. The van der Waals surface area contributed by atoms with Gasteiger partial charge in [0, 0.05) is 0 Å². The number of ether oxygens (including phenoxy) is 1. The molecule has 0 aliphatic heterocycles. The van der Waals surface area contributed by atoms with Crippen LogP contribution < -0.4 is 4.74 Å². The third-order valence-corrected chi connectivity index (χ3v) is 2.44. The molecule has 0 bridgehead atoms. The van der Waals surface area contributed by atoms with Crippen LogP contribution in [0.1, 0.15) is 38.4 Å². The normalized spacial score (nSPS) is 13.9. The Hall–Kier alpha value is -1.53. The SMILES string of the molecule is CCC(C#N)Oc1ccc([C@@H](O)CC)cc1. The Morgan fingerprint density at radius 3 is 2.31 bits per heavy atom. The van der Waals surface area contributed by atoms with Crippen molar-refractivity contribution in [1.82, 2.24) is 0 Å². The largest absolute Gasteiger partial charge is 0.476 e. The Labute approximate surface area is 96.3 Å². The number of hydrogen-bond donors (Lipinski definition) is 1. The lowest BCUT2D eigenvalue weighted by atomic mass is 10.1. The first-order chi connectivity index (χ1) is 7.71. The lowest BCUT2D eigenvalue weighted by Crippen LogP contribution is -2.12. The molecule has 1 N–H and O–H groups in total. The zero-order chi connectivity index (χ0) is 12.0. The van der Waals surface area contributed by atoms with Gasteiger partial charge in [0.15, 0.2) is 6.10 Å². The number of rotatable bonds is 5. The summed E-state index contributed by atoms with van der Waals surface area (Å²) in [6.45, 7) is 3.83. The molecule has 0 spiro atoms. The van der Waals surface area contributed by atoms with E-state index >= 15 is 0 Å². The first-order valence-electron chi connectivity index (χ1n) is 5.55. The van der Waals surface area contributed by atoms with E-state index in [1.807, 2.05) is 26.0 Å². The van der Waals surface area contributed by atoms with Crippen LogP contribution in [0.15, 0.2) is 24.3 Å². The van der Waals surface area contributed by atoms with Gasteiger partial charge >= 0.3 is 0 Å². The molecule has 0 aliphatic rings. The van der Waals surface area contributed by atoms with Gasteiger partial charge in [0.25, 0.3) is 0 Å². The highest BCUT2D eigenvalue weighted by Crippen LogP contribution is 2.20. The summed E-state index contributed by atoms with van der Waals surface area (Å²) in [5.74, 6) is 0.667.